The van der Waals surface area contributed by atoms with E-state index in [1.807, 2.05) is 31.2 Å². The highest BCUT2D eigenvalue weighted by atomic mass is 32.1. The van der Waals surface area contributed by atoms with E-state index in [9.17, 15) is 9.18 Å². The number of hydrogen-bond acceptors (Lipinski definition) is 6. The molecule has 1 aromatic carbocycles. The molecule has 3 heterocycles. The molecular formula is C22H26FN5OS. The molecule has 0 bridgehead atoms. The van der Waals surface area contributed by atoms with E-state index >= 15 is 0 Å². The topological polar surface area (TPSA) is 71.0 Å². The predicted octanol–water partition coefficient (Wildman–Crippen LogP) is 3.54. The van der Waals surface area contributed by atoms with E-state index < -0.39 is 32.0 Å². The van der Waals surface area contributed by atoms with Gasteiger partial charge in [-0.3, -0.25) is 9.78 Å². The summed E-state index contributed by atoms with van der Waals surface area (Å²) in [5, 5.41) is 14.2. The minimum absolute atomic E-state index is 0.0178. The number of aryl methyl sites for hydroxylation is 1. The Kier molecular flexibility index (Phi) is 4.23. The van der Waals surface area contributed by atoms with Crippen molar-refractivity contribution in [3.05, 3.63) is 41.2 Å². The van der Waals surface area contributed by atoms with Crippen molar-refractivity contribution in [3.63, 3.8) is 0 Å². The molecule has 0 radical (unpaired) electrons. The number of benzene rings is 1. The lowest BCUT2D eigenvalue weighted by Crippen LogP contribution is -2.54. The zero-order valence-electron chi connectivity index (χ0n) is 22.4. The number of carbonyl (C=O) groups is 1. The fourth-order valence-corrected chi connectivity index (χ4v) is 4.32. The molecule has 1 N–H and O–H groups in total. The van der Waals surface area contributed by atoms with Crippen LogP contribution < -0.4 is 5.32 Å². The zero-order valence-corrected chi connectivity index (χ0v) is 17.2. The molecule has 2 atom stereocenters. The van der Waals surface area contributed by atoms with Crippen LogP contribution in [0.15, 0.2) is 30.5 Å². The maximum atomic E-state index is 14.9. The van der Waals surface area contributed by atoms with Crippen LogP contribution in [0.25, 0.3) is 21.3 Å². The van der Waals surface area contributed by atoms with Gasteiger partial charge in [0.2, 0.25) is 5.91 Å². The molecule has 0 saturated carbocycles. The van der Waals surface area contributed by atoms with Crippen LogP contribution >= 0.6 is 11.3 Å². The molecule has 0 spiro atoms. The highest BCUT2D eigenvalue weighted by Crippen LogP contribution is 2.27. The monoisotopic (exact) mass is 433 g/mol. The van der Waals surface area contributed by atoms with E-state index in [1.165, 1.54) is 16.2 Å². The number of fused-ring (bicyclic) bond motifs is 1. The average molecular weight is 434 g/mol. The van der Waals surface area contributed by atoms with Gasteiger partial charge in [-0.1, -0.05) is 37.2 Å². The Bertz CT molecular complexity index is 1240. The summed E-state index contributed by atoms with van der Waals surface area (Å²) in [6.45, 7) is -3.81. The molecule has 30 heavy (non-hydrogen) atoms. The summed E-state index contributed by atoms with van der Waals surface area (Å²) in [5.74, 6) is -0.304. The Hall–Kier alpha value is -2.45. The van der Waals surface area contributed by atoms with Crippen molar-refractivity contribution in [1.82, 2.24) is 25.4 Å². The summed E-state index contributed by atoms with van der Waals surface area (Å²) in [4.78, 5) is 18.6. The molecule has 6 nitrogen and oxygen atoms in total. The predicted molar refractivity (Wildman–Crippen MR) is 117 cm³/mol. The summed E-state index contributed by atoms with van der Waals surface area (Å²) in [6.07, 6.45) is 0.171. The number of alkyl halides is 1. The number of halogens is 1. The Morgan fingerprint density at radius 3 is 2.97 bits per heavy atom. The maximum Gasteiger partial charge on any atom is 0.228 e. The number of likely N-dealkylation sites (tertiary alicyclic amines) is 1. The second-order valence-corrected chi connectivity index (χ2v) is 8.57. The van der Waals surface area contributed by atoms with Crippen LogP contribution in [0.1, 0.15) is 39.1 Å². The van der Waals surface area contributed by atoms with Crippen LogP contribution in [-0.4, -0.2) is 57.3 Å². The van der Waals surface area contributed by atoms with Crippen LogP contribution in [0.4, 0.5) is 4.39 Å². The second kappa shape index (κ2) is 8.73. The highest BCUT2D eigenvalue weighted by Gasteiger charge is 2.31. The number of rotatable bonds is 5. The smallest absolute Gasteiger partial charge is 0.228 e. The van der Waals surface area contributed by atoms with Crippen molar-refractivity contribution < 1.29 is 17.4 Å². The first-order chi connectivity index (χ1) is 16.8. The Morgan fingerprint density at radius 1 is 1.37 bits per heavy atom. The van der Waals surface area contributed by atoms with Crippen molar-refractivity contribution >= 4 is 28.0 Å². The first kappa shape index (κ1) is 14.5. The maximum absolute atomic E-state index is 14.9. The van der Waals surface area contributed by atoms with Crippen LogP contribution in [0, 0.1) is 6.92 Å². The van der Waals surface area contributed by atoms with Gasteiger partial charge in [0.15, 0.2) is 0 Å². The highest BCUT2D eigenvalue weighted by molar-refractivity contribution is 7.14. The standard InChI is InChI=1S/C22H26FN5OS/c1-13(2)25-20-6-7-28(12-19(20)23)21(29)10-18-9-17-8-15(4-5-16(17)11-24-18)22-27-26-14(3)30-22/h4-5,8-9,11,13,19-20,25H,6-7,10,12H2,1-3H3/t19-,20-/m0/s1/i1D3,2D3. The van der Waals surface area contributed by atoms with Crippen LogP contribution in [0.3, 0.4) is 0 Å². The van der Waals surface area contributed by atoms with E-state index in [-0.39, 0.29) is 31.8 Å². The van der Waals surface area contributed by atoms with Crippen molar-refractivity contribution in [3.8, 4) is 10.6 Å². The van der Waals surface area contributed by atoms with E-state index in [0.29, 0.717) is 5.69 Å². The molecule has 158 valence electrons. The number of pyridine rings is 1. The second-order valence-electron chi connectivity index (χ2n) is 7.39. The van der Waals surface area contributed by atoms with Gasteiger partial charge in [-0.25, -0.2) is 4.39 Å². The molecule has 1 saturated heterocycles. The summed E-state index contributed by atoms with van der Waals surface area (Å²) in [6, 6.07) is 4.84. The Morgan fingerprint density at radius 2 is 2.23 bits per heavy atom. The van der Waals surface area contributed by atoms with Crippen LogP contribution in [-0.2, 0) is 11.2 Å². The van der Waals surface area contributed by atoms with Crippen molar-refractivity contribution in [1.29, 1.82) is 0 Å². The third kappa shape index (κ3) is 4.65. The molecule has 1 aliphatic heterocycles. The third-order valence-corrected chi connectivity index (χ3v) is 6.05. The number of hydrogen-bond donors (Lipinski definition) is 1. The van der Waals surface area contributed by atoms with Crippen molar-refractivity contribution in [2.75, 3.05) is 13.1 Å². The molecular weight excluding hydrogens is 401 g/mol. The van der Waals surface area contributed by atoms with Gasteiger partial charge < -0.3 is 10.2 Å². The van der Waals surface area contributed by atoms with E-state index in [4.69, 9.17) is 8.22 Å². The van der Waals surface area contributed by atoms with Gasteiger partial charge in [0.25, 0.3) is 0 Å². The van der Waals surface area contributed by atoms with Crippen molar-refractivity contribution in [2.45, 2.75) is 51.7 Å². The summed E-state index contributed by atoms with van der Waals surface area (Å²) in [7, 11) is 0. The fourth-order valence-electron chi connectivity index (χ4n) is 3.63. The number of aromatic nitrogens is 3. The minimum atomic E-state index is -2.81. The minimum Gasteiger partial charge on any atom is -0.339 e. The lowest BCUT2D eigenvalue weighted by Gasteiger charge is -2.36. The normalized spacial score (nSPS) is 23.4. The summed E-state index contributed by atoms with van der Waals surface area (Å²) >= 11 is 1.49. The van der Waals surface area contributed by atoms with Gasteiger partial charge in [0.05, 0.1) is 18.7 Å². The quantitative estimate of drug-likeness (QED) is 0.666. The van der Waals surface area contributed by atoms with Crippen LogP contribution in [0.2, 0.25) is 0 Å². The van der Waals surface area contributed by atoms with E-state index in [1.54, 1.807) is 6.20 Å². The molecule has 0 unspecified atom stereocenters. The number of carbonyl (C=O) groups excluding carboxylic acids is 1. The number of nitrogens with zero attached hydrogens (tertiary/aromatic N) is 4. The SMILES string of the molecule is [2H]C([2H])([2H])C(N[C@H]1CCN(C(=O)Cc2cc3cc(-c4nnc(C)s4)ccc3cn2)C[C@@H]1F)C([2H])([2H])[2H]. The van der Waals surface area contributed by atoms with Gasteiger partial charge in [0, 0.05) is 44.0 Å². The van der Waals surface area contributed by atoms with Crippen LogP contribution in [0.5, 0.6) is 0 Å². The van der Waals surface area contributed by atoms with Gasteiger partial charge in [0.1, 0.15) is 16.2 Å². The average Bonchev–Trinajstić information content (AvgIpc) is 3.22. The molecule has 4 rings (SSSR count). The largest absolute Gasteiger partial charge is 0.339 e. The van der Waals surface area contributed by atoms with Gasteiger partial charge in [-0.05, 0) is 30.9 Å². The molecule has 2 aromatic heterocycles. The van der Waals surface area contributed by atoms with Crippen molar-refractivity contribution in [2.24, 2.45) is 0 Å². The molecule has 0 aliphatic carbocycles. The zero-order chi connectivity index (χ0) is 26.3. The summed E-state index contributed by atoms with van der Waals surface area (Å²) in [5.41, 5.74) is 1.46. The summed E-state index contributed by atoms with van der Waals surface area (Å²) < 4.78 is 59.9. The Balaban J connectivity index is 1.41. The fraction of sp³-hybridized carbons (Fsp3) is 0.455. The number of amides is 1. The molecule has 1 amide bonds. The number of piperidine rings is 1. The lowest BCUT2D eigenvalue weighted by atomic mass is 10.0. The molecule has 1 fully saturated rings. The Labute approximate surface area is 188 Å². The lowest BCUT2D eigenvalue weighted by molar-refractivity contribution is -0.133. The van der Waals surface area contributed by atoms with E-state index in [0.717, 1.165) is 26.4 Å². The van der Waals surface area contributed by atoms with E-state index in [2.05, 4.69) is 20.5 Å². The molecule has 3 aromatic rings. The first-order valence-corrected chi connectivity index (χ1v) is 10.5. The molecule has 8 heteroatoms. The number of nitrogens with one attached hydrogen (secondary N) is 1. The third-order valence-electron chi connectivity index (χ3n) is 5.16. The van der Waals surface area contributed by atoms with Gasteiger partial charge >= 0.3 is 0 Å². The molecule has 1 aliphatic rings. The van der Waals surface area contributed by atoms with Gasteiger partial charge in [-0.15, -0.1) is 10.2 Å². The first-order valence-electron chi connectivity index (χ1n) is 12.7. The van der Waals surface area contributed by atoms with Gasteiger partial charge in [-0.2, -0.15) is 0 Å².